The summed E-state index contributed by atoms with van der Waals surface area (Å²) in [4.78, 5) is 14.3. The van der Waals surface area contributed by atoms with Gasteiger partial charge in [0.15, 0.2) is 0 Å². The van der Waals surface area contributed by atoms with Crippen LogP contribution in [-0.2, 0) is 0 Å². The molecule has 0 radical (unpaired) electrons. The Morgan fingerprint density at radius 2 is 2.17 bits per heavy atom. The Bertz CT molecular complexity index is 403. The molecule has 0 aromatic carbocycles. The van der Waals surface area contributed by atoms with E-state index >= 15 is 0 Å². The fourth-order valence-corrected chi connectivity index (χ4v) is 2.54. The number of anilines is 1. The molecule has 0 bridgehead atoms. The number of rotatable bonds is 7. The molecule has 0 atom stereocenters. The lowest BCUT2D eigenvalue weighted by Crippen LogP contribution is -2.33. The van der Waals surface area contributed by atoms with Gasteiger partial charge in [-0.3, -0.25) is 4.79 Å². The van der Waals surface area contributed by atoms with Crippen molar-refractivity contribution in [2.45, 2.75) is 45.6 Å². The van der Waals surface area contributed by atoms with Gasteiger partial charge in [0.05, 0.1) is 0 Å². The number of nitrogens with one attached hydrogen (secondary N) is 1. The Morgan fingerprint density at radius 1 is 1.39 bits per heavy atom. The lowest BCUT2D eigenvalue weighted by molar-refractivity contribution is 0.0742. The third-order valence-corrected chi connectivity index (χ3v) is 3.72. The number of hydrogen-bond donors (Lipinski definition) is 1. The van der Waals surface area contributed by atoms with E-state index in [1.807, 2.05) is 4.90 Å². The monoisotopic (exact) mass is 268 g/mol. The van der Waals surface area contributed by atoms with Gasteiger partial charge in [-0.2, -0.15) is 0 Å². The van der Waals surface area contributed by atoms with E-state index in [2.05, 4.69) is 29.4 Å². The summed E-state index contributed by atoms with van der Waals surface area (Å²) in [5, 5.41) is 12.4. The molecule has 0 unspecified atom stereocenters. The molecular weight excluding hydrogens is 248 g/mol. The quantitative estimate of drug-likeness (QED) is 0.825. The van der Waals surface area contributed by atoms with E-state index < -0.39 is 0 Å². The van der Waals surface area contributed by atoms with Gasteiger partial charge in [0.1, 0.15) is 0 Å². The highest BCUT2D eigenvalue weighted by atomic mass is 32.1. The number of carbonyl (C=O) groups excluding carboxylic acids is 1. The Kier molecular flexibility index (Phi) is 4.52. The third-order valence-electron chi connectivity index (χ3n) is 2.85. The molecule has 2 rings (SSSR count). The minimum Gasteiger partial charge on any atom is -0.360 e. The average molecular weight is 268 g/mol. The standard InChI is InChI=1S/C12H20N4OS/c1-3-7-13-12-15-14-10(18-12)11(17)16(8-4-2)9-5-6-9/h9H,3-8H2,1-2H3,(H,13,15). The van der Waals surface area contributed by atoms with Gasteiger partial charge in [-0.05, 0) is 25.7 Å². The van der Waals surface area contributed by atoms with Gasteiger partial charge in [-0.15, -0.1) is 10.2 Å². The highest BCUT2D eigenvalue weighted by Gasteiger charge is 2.33. The Morgan fingerprint density at radius 3 is 2.78 bits per heavy atom. The maximum atomic E-state index is 12.3. The van der Waals surface area contributed by atoms with Gasteiger partial charge < -0.3 is 10.2 Å². The molecule has 1 N–H and O–H groups in total. The molecule has 6 heteroatoms. The fraction of sp³-hybridized carbons (Fsp3) is 0.750. The summed E-state index contributed by atoms with van der Waals surface area (Å²) < 4.78 is 0. The first-order valence-corrected chi connectivity index (χ1v) is 7.46. The number of carbonyl (C=O) groups is 1. The maximum absolute atomic E-state index is 12.3. The summed E-state index contributed by atoms with van der Waals surface area (Å²) in [6.45, 7) is 5.87. The molecule has 1 saturated carbocycles. The first-order valence-electron chi connectivity index (χ1n) is 6.64. The zero-order valence-electron chi connectivity index (χ0n) is 11.0. The van der Waals surface area contributed by atoms with Crippen LogP contribution in [0.1, 0.15) is 49.3 Å². The van der Waals surface area contributed by atoms with Crippen LogP contribution in [0.15, 0.2) is 0 Å². The minimum absolute atomic E-state index is 0.0430. The van der Waals surface area contributed by atoms with Gasteiger partial charge in [0.25, 0.3) is 5.91 Å². The number of nitrogens with zero attached hydrogens (tertiary/aromatic N) is 3. The summed E-state index contributed by atoms with van der Waals surface area (Å²) in [5.41, 5.74) is 0. The van der Waals surface area contributed by atoms with E-state index in [1.165, 1.54) is 11.3 Å². The second-order valence-electron chi connectivity index (χ2n) is 4.57. The largest absolute Gasteiger partial charge is 0.360 e. The zero-order chi connectivity index (χ0) is 13.0. The van der Waals surface area contributed by atoms with Crippen LogP contribution in [0.3, 0.4) is 0 Å². The van der Waals surface area contributed by atoms with Crippen LogP contribution in [0.25, 0.3) is 0 Å². The molecule has 0 spiro atoms. The van der Waals surface area contributed by atoms with Crippen LogP contribution >= 0.6 is 11.3 Å². The molecule has 0 aliphatic heterocycles. The summed E-state index contributed by atoms with van der Waals surface area (Å²) in [5.74, 6) is 0.0430. The molecule has 5 nitrogen and oxygen atoms in total. The first-order chi connectivity index (χ1) is 8.76. The highest BCUT2D eigenvalue weighted by molar-refractivity contribution is 7.17. The van der Waals surface area contributed by atoms with Crippen molar-refractivity contribution in [3.8, 4) is 0 Å². The summed E-state index contributed by atoms with van der Waals surface area (Å²) >= 11 is 1.36. The van der Waals surface area contributed by atoms with Crippen molar-refractivity contribution in [2.75, 3.05) is 18.4 Å². The lowest BCUT2D eigenvalue weighted by Gasteiger charge is -2.19. The normalized spacial score (nSPS) is 14.6. The molecule has 18 heavy (non-hydrogen) atoms. The van der Waals surface area contributed by atoms with Crippen molar-refractivity contribution in [2.24, 2.45) is 0 Å². The number of aromatic nitrogens is 2. The van der Waals surface area contributed by atoms with Crippen molar-refractivity contribution in [3.05, 3.63) is 5.01 Å². The van der Waals surface area contributed by atoms with E-state index in [-0.39, 0.29) is 5.91 Å². The lowest BCUT2D eigenvalue weighted by atomic mass is 10.4. The molecule has 1 heterocycles. The van der Waals surface area contributed by atoms with E-state index in [0.717, 1.165) is 43.9 Å². The topological polar surface area (TPSA) is 58.1 Å². The van der Waals surface area contributed by atoms with Crippen LogP contribution in [0, 0.1) is 0 Å². The van der Waals surface area contributed by atoms with Crippen molar-refractivity contribution < 1.29 is 4.79 Å². The van der Waals surface area contributed by atoms with Crippen LogP contribution in [0.4, 0.5) is 5.13 Å². The van der Waals surface area contributed by atoms with Crippen LogP contribution < -0.4 is 5.32 Å². The average Bonchev–Trinajstić information content (AvgIpc) is 3.11. The SMILES string of the molecule is CCCNc1nnc(C(=O)N(CCC)C2CC2)s1. The van der Waals surface area contributed by atoms with Gasteiger partial charge in [0.2, 0.25) is 10.1 Å². The second kappa shape index (κ2) is 6.13. The Labute approximate surface area is 112 Å². The first kappa shape index (κ1) is 13.3. The predicted octanol–water partition coefficient (Wildman–Crippen LogP) is 2.37. The van der Waals surface area contributed by atoms with Crippen molar-refractivity contribution in [3.63, 3.8) is 0 Å². The van der Waals surface area contributed by atoms with Gasteiger partial charge >= 0.3 is 0 Å². The van der Waals surface area contributed by atoms with E-state index in [4.69, 9.17) is 0 Å². The van der Waals surface area contributed by atoms with E-state index in [9.17, 15) is 4.79 Å². The van der Waals surface area contributed by atoms with Crippen molar-refractivity contribution in [1.82, 2.24) is 15.1 Å². The van der Waals surface area contributed by atoms with Crippen molar-refractivity contribution >= 4 is 22.4 Å². The van der Waals surface area contributed by atoms with Crippen LogP contribution in [-0.4, -0.2) is 40.1 Å². The summed E-state index contributed by atoms with van der Waals surface area (Å²) in [7, 11) is 0. The number of amides is 1. The van der Waals surface area contributed by atoms with Crippen molar-refractivity contribution in [1.29, 1.82) is 0 Å². The maximum Gasteiger partial charge on any atom is 0.285 e. The Hall–Kier alpha value is -1.17. The molecule has 1 aliphatic carbocycles. The molecule has 1 aromatic rings. The zero-order valence-corrected chi connectivity index (χ0v) is 11.8. The molecule has 100 valence electrons. The molecule has 1 aromatic heterocycles. The third kappa shape index (κ3) is 3.19. The Balaban J connectivity index is 2.00. The molecular formula is C12H20N4OS. The van der Waals surface area contributed by atoms with Crippen LogP contribution in [0.2, 0.25) is 0 Å². The molecule has 1 aliphatic rings. The van der Waals surface area contributed by atoms with Gasteiger partial charge in [-0.25, -0.2) is 0 Å². The predicted molar refractivity (Wildman–Crippen MR) is 73.0 cm³/mol. The summed E-state index contributed by atoms with van der Waals surface area (Å²) in [6.07, 6.45) is 4.28. The molecule has 0 saturated heterocycles. The van der Waals surface area contributed by atoms with Gasteiger partial charge in [0, 0.05) is 19.1 Å². The second-order valence-corrected chi connectivity index (χ2v) is 5.55. The van der Waals surface area contributed by atoms with Crippen LogP contribution in [0.5, 0.6) is 0 Å². The number of hydrogen-bond acceptors (Lipinski definition) is 5. The smallest absolute Gasteiger partial charge is 0.285 e. The van der Waals surface area contributed by atoms with E-state index in [0.29, 0.717) is 11.0 Å². The fourth-order valence-electron chi connectivity index (χ4n) is 1.81. The highest BCUT2D eigenvalue weighted by Crippen LogP contribution is 2.29. The molecule has 1 amide bonds. The molecule has 1 fully saturated rings. The summed E-state index contributed by atoms with van der Waals surface area (Å²) in [6, 6.07) is 0.438. The van der Waals surface area contributed by atoms with Gasteiger partial charge in [-0.1, -0.05) is 25.2 Å². The van der Waals surface area contributed by atoms with E-state index in [1.54, 1.807) is 0 Å². The minimum atomic E-state index is 0.0430.